The van der Waals surface area contributed by atoms with Gasteiger partial charge in [0.05, 0.1) is 19.1 Å². The largest absolute Gasteiger partial charge is 0.465 e. The van der Waals surface area contributed by atoms with E-state index in [2.05, 4.69) is 9.72 Å². The fraction of sp³-hybridized carbons (Fsp3) is 0.333. The minimum absolute atomic E-state index is 0.162. The van der Waals surface area contributed by atoms with E-state index in [1.54, 1.807) is 6.07 Å². The van der Waals surface area contributed by atoms with E-state index >= 15 is 0 Å². The molecule has 0 fully saturated rings. The maximum atomic E-state index is 11.0. The lowest BCUT2D eigenvalue weighted by atomic mass is 10.2. The number of hydrogen-bond donors (Lipinski definition) is 0. The summed E-state index contributed by atoms with van der Waals surface area (Å²) in [4.78, 5) is 24.6. The average Bonchev–Trinajstić information content (AvgIpc) is 2.26. The van der Waals surface area contributed by atoms with Gasteiger partial charge in [-0.15, -0.1) is 0 Å². The monoisotopic (exact) mass is 210 g/mol. The molecular weight excluding hydrogens is 200 g/mol. The average molecular weight is 210 g/mol. The number of methoxy groups -OCH3 is 1. The Kier molecular flexibility index (Phi) is 3.73. The summed E-state index contributed by atoms with van der Waals surface area (Å²) in [6.45, 7) is -0.162. The molecule has 0 N–H and O–H groups in total. The molecule has 1 rings (SSSR count). The number of nitrogens with zero attached hydrogens (tertiary/aromatic N) is 2. The predicted octanol–water partition coefficient (Wildman–Crippen LogP) is 0.687. The molecule has 0 radical (unpaired) electrons. The van der Waals surface area contributed by atoms with Crippen LogP contribution in [0.25, 0.3) is 0 Å². The van der Waals surface area contributed by atoms with Crippen LogP contribution in [0.15, 0.2) is 18.3 Å². The van der Waals surface area contributed by atoms with Crippen molar-refractivity contribution in [3.63, 3.8) is 0 Å². The smallest absolute Gasteiger partial charge is 0.339 e. The Morgan fingerprint density at radius 2 is 2.33 bits per heavy atom. The summed E-state index contributed by atoms with van der Waals surface area (Å²) in [5, 5.41) is 10.1. The number of carbonyl (C=O) groups is 1. The van der Waals surface area contributed by atoms with Crippen LogP contribution >= 0.6 is 0 Å². The second kappa shape index (κ2) is 5.04. The number of pyridine rings is 1. The number of esters is 1. The van der Waals surface area contributed by atoms with Crippen molar-refractivity contribution in [2.24, 2.45) is 0 Å². The molecular formula is C9H10N2O4. The molecule has 6 heteroatoms. The molecule has 0 atom stereocenters. The van der Waals surface area contributed by atoms with E-state index in [-0.39, 0.29) is 13.0 Å². The molecule has 0 bridgehead atoms. The Hall–Kier alpha value is -1.98. The van der Waals surface area contributed by atoms with Crippen molar-refractivity contribution in [2.45, 2.75) is 6.42 Å². The molecule has 0 aromatic carbocycles. The Morgan fingerprint density at radius 3 is 2.80 bits per heavy atom. The number of nitro groups is 1. The zero-order valence-electron chi connectivity index (χ0n) is 8.17. The maximum Gasteiger partial charge on any atom is 0.339 e. The van der Waals surface area contributed by atoms with Crippen LogP contribution in [0, 0.1) is 10.1 Å². The first kappa shape index (κ1) is 11.1. The lowest BCUT2D eigenvalue weighted by molar-refractivity contribution is -0.479. The van der Waals surface area contributed by atoms with Gasteiger partial charge < -0.3 is 4.74 Å². The van der Waals surface area contributed by atoms with Gasteiger partial charge in [-0.1, -0.05) is 0 Å². The molecule has 0 saturated heterocycles. The second-order valence-electron chi connectivity index (χ2n) is 2.84. The van der Waals surface area contributed by atoms with E-state index < -0.39 is 10.9 Å². The zero-order valence-corrected chi connectivity index (χ0v) is 8.17. The first-order valence-corrected chi connectivity index (χ1v) is 4.28. The fourth-order valence-corrected chi connectivity index (χ4v) is 1.02. The van der Waals surface area contributed by atoms with Gasteiger partial charge in [0.25, 0.3) is 0 Å². The van der Waals surface area contributed by atoms with Crippen molar-refractivity contribution in [1.29, 1.82) is 0 Å². The lowest BCUT2D eigenvalue weighted by Gasteiger charge is -1.99. The summed E-state index contributed by atoms with van der Waals surface area (Å²) in [6.07, 6.45) is 1.61. The van der Waals surface area contributed by atoms with Gasteiger partial charge in [-0.2, -0.15) is 0 Å². The Labute approximate surface area is 86.0 Å². The van der Waals surface area contributed by atoms with Crippen molar-refractivity contribution in [2.75, 3.05) is 13.7 Å². The van der Waals surface area contributed by atoms with Gasteiger partial charge in [-0.3, -0.25) is 15.1 Å². The zero-order chi connectivity index (χ0) is 11.3. The standard InChI is InChI=1S/C9H10N2O4/c1-15-9(12)7-2-3-8(10-6-7)4-5-11(13)14/h2-3,6H,4-5H2,1H3. The van der Waals surface area contributed by atoms with Crippen molar-refractivity contribution in [3.8, 4) is 0 Å². The van der Waals surface area contributed by atoms with Gasteiger partial charge in [0.1, 0.15) is 0 Å². The highest BCUT2D eigenvalue weighted by atomic mass is 16.6. The SMILES string of the molecule is COC(=O)c1ccc(CC[N+](=O)[O-])nc1. The molecule has 0 amide bonds. The van der Waals surface area contributed by atoms with Gasteiger partial charge in [-0.05, 0) is 12.1 Å². The van der Waals surface area contributed by atoms with Gasteiger partial charge in [0.15, 0.2) is 0 Å². The molecule has 80 valence electrons. The normalized spacial score (nSPS) is 9.67. The van der Waals surface area contributed by atoms with Crippen LogP contribution in [-0.4, -0.2) is 29.5 Å². The lowest BCUT2D eigenvalue weighted by Crippen LogP contribution is -2.07. The van der Waals surface area contributed by atoms with E-state index in [0.717, 1.165) is 0 Å². The topological polar surface area (TPSA) is 82.3 Å². The van der Waals surface area contributed by atoms with Crippen molar-refractivity contribution < 1.29 is 14.5 Å². The van der Waals surface area contributed by atoms with Crippen LogP contribution in [0.1, 0.15) is 16.1 Å². The van der Waals surface area contributed by atoms with E-state index in [0.29, 0.717) is 11.3 Å². The van der Waals surface area contributed by atoms with Crippen LogP contribution in [0.5, 0.6) is 0 Å². The summed E-state index contributed by atoms with van der Waals surface area (Å²) in [6, 6.07) is 3.11. The Bertz CT molecular complexity index is 361. The minimum atomic E-state index is -0.469. The van der Waals surface area contributed by atoms with Crippen LogP contribution < -0.4 is 0 Å². The molecule has 0 saturated carbocycles. The highest BCUT2D eigenvalue weighted by Gasteiger charge is 2.06. The van der Waals surface area contributed by atoms with Crippen LogP contribution in [0.4, 0.5) is 0 Å². The Balaban J connectivity index is 2.64. The van der Waals surface area contributed by atoms with Crippen molar-refractivity contribution >= 4 is 5.97 Å². The van der Waals surface area contributed by atoms with Crippen molar-refractivity contribution in [3.05, 3.63) is 39.7 Å². The van der Waals surface area contributed by atoms with Gasteiger partial charge in [0, 0.05) is 16.8 Å². The number of carbonyl (C=O) groups excluding carboxylic acids is 1. The number of aromatic nitrogens is 1. The van der Waals surface area contributed by atoms with E-state index in [4.69, 9.17) is 0 Å². The predicted molar refractivity (Wildman–Crippen MR) is 51.1 cm³/mol. The third-order valence-electron chi connectivity index (χ3n) is 1.80. The van der Waals surface area contributed by atoms with Crippen LogP contribution in [0.3, 0.4) is 0 Å². The highest BCUT2D eigenvalue weighted by Crippen LogP contribution is 2.02. The summed E-state index contributed by atoms with van der Waals surface area (Å²) >= 11 is 0. The third-order valence-corrected chi connectivity index (χ3v) is 1.80. The quantitative estimate of drug-likeness (QED) is 0.414. The second-order valence-corrected chi connectivity index (χ2v) is 2.84. The summed E-state index contributed by atoms with van der Waals surface area (Å²) in [5.74, 6) is -0.469. The van der Waals surface area contributed by atoms with Crippen molar-refractivity contribution in [1.82, 2.24) is 4.98 Å². The van der Waals surface area contributed by atoms with E-state index in [1.165, 1.54) is 19.4 Å². The first-order chi connectivity index (χ1) is 7.13. The first-order valence-electron chi connectivity index (χ1n) is 4.28. The summed E-state index contributed by atoms with van der Waals surface area (Å²) < 4.78 is 4.49. The maximum absolute atomic E-state index is 11.0. The van der Waals surface area contributed by atoms with Crippen LogP contribution in [0.2, 0.25) is 0 Å². The molecule has 0 aliphatic heterocycles. The number of hydrogen-bond acceptors (Lipinski definition) is 5. The molecule has 1 aromatic heterocycles. The molecule has 1 heterocycles. The third kappa shape index (κ3) is 3.34. The van der Waals surface area contributed by atoms with Gasteiger partial charge in [0.2, 0.25) is 6.54 Å². The van der Waals surface area contributed by atoms with Gasteiger partial charge >= 0.3 is 5.97 Å². The van der Waals surface area contributed by atoms with Crippen LogP contribution in [-0.2, 0) is 11.2 Å². The molecule has 0 unspecified atom stereocenters. The highest BCUT2D eigenvalue weighted by molar-refractivity contribution is 5.88. The fourth-order valence-electron chi connectivity index (χ4n) is 1.02. The Morgan fingerprint density at radius 1 is 1.60 bits per heavy atom. The number of ether oxygens (including phenoxy) is 1. The summed E-state index contributed by atoms with van der Waals surface area (Å²) in [5.41, 5.74) is 0.918. The van der Waals surface area contributed by atoms with Gasteiger partial charge in [-0.25, -0.2) is 4.79 Å². The molecule has 1 aromatic rings. The molecule has 0 aliphatic rings. The molecule has 6 nitrogen and oxygen atoms in total. The minimum Gasteiger partial charge on any atom is -0.465 e. The molecule has 15 heavy (non-hydrogen) atoms. The van der Waals surface area contributed by atoms with E-state index in [1.807, 2.05) is 0 Å². The molecule has 0 aliphatic carbocycles. The number of rotatable bonds is 4. The van der Waals surface area contributed by atoms with E-state index in [9.17, 15) is 14.9 Å². The molecule has 0 spiro atoms. The summed E-state index contributed by atoms with van der Waals surface area (Å²) in [7, 11) is 1.28.